The predicted molar refractivity (Wildman–Crippen MR) is 81.2 cm³/mol. The number of halogens is 2. The van der Waals surface area contributed by atoms with Gasteiger partial charge in [0.2, 0.25) is 0 Å². The van der Waals surface area contributed by atoms with E-state index >= 15 is 0 Å². The van der Waals surface area contributed by atoms with Gasteiger partial charge in [0.15, 0.2) is 0 Å². The van der Waals surface area contributed by atoms with Crippen molar-refractivity contribution < 1.29 is 5.11 Å². The number of aryl methyl sites for hydroxylation is 1. The number of aliphatic hydroxyl groups is 1. The molecule has 2 aromatic carbocycles. The Morgan fingerprint density at radius 2 is 1.74 bits per heavy atom. The number of hydrogen-bond donors (Lipinski definition) is 1. The second-order valence-electron chi connectivity index (χ2n) is 4.71. The first-order valence-electron chi connectivity index (χ1n) is 6.22. The molecular formula is C16H16Cl2O. The van der Waals surface area contributed by atoms with Crippen molar-refractivity contribution in [1.82, 2.24) is 0 Å². The summed E-state index contributed by atoms with van der Waals surface area (Å²) in [6.07, 6.45) is 0.680. The van der Waals surface area contributed by atoms with Gasteiger partial charge in [-0.15, -0.1) is 0 Å². The highest BCUT2D eigenvalue weighted by molar-refractivity contribution is 6.42. The third-order valence-corrected chi connectivity index (χ3v) is 4.13. The first-order chi connectivity index (χ1) is 9.11. The number of hydrogen-bond acceptors (Lipinski definition) is 1. The minimum atomic E-state index is 0.0385. The zero-order valence-corrected chi connectivity index (χ0v) is 12.2. The number of rotatable bonds is 4. The largest absolute Gasteiger partial charge is 0.396 e. The van der Waals surface area contributed by atoms with E-state index in [9.17, 15) is 5.11 Å². The van der Waals surface area contributed by atoms with Crippen molar-refractivity contribution in [3.05, 3.63) is 69.2 Å². The van der Waals surface area contributed by atoms with Crippen LogP contribution in [0.25, 0.3) is 0 Å². The van der Waals surface area contributed by atoms with Crippen molar-refractivity contribution in [2.75, 3.05) is 6.61 Å². The molecule has 0 aliphatic heterocycles. The Morgan fingerprint density at radius 3 is 2.37 bits per heavy atom. The monoisotopic (exact) mass is 294 g/mol. The highest BCUT2D eigenvalue weighted by atomic mass is 35.5. The third-order valence-electron chi connectivity index (χ3n) is 3.27. The van der Waals surface area contributed by atoms with Gasteiger partial charge in [-0.1, -0.05) is 65.2 Å². The molecule has 0 bridgehead atoms. The molecule has 0 radical (unpaired) electrons. The molecule has 0 aliphatic rings. The summed E-state index contributed by atoms with van der Waals surface area (Å²) in [4.78, 5) is 0. The molecule has 19 heavy (non-hydrogen) atoms. The van der Waals surface area contributed by atoms with Gasteiger partial charge in [-0.3, -0.25) is 0 Å². The van der Waals surface area contributed by atoms with Crippen molar-refractivity contribution in [3.63, 3.8) is 0 Å². The van der Waals surface area contributed by atoms with Crippen molar-refractivity contribution in [2.24, 2.45) is 0 Å². The maximum atomic E-state index is 9.59. The lowest BCUT2D eigenvalue weighted by atomic mass is 9.92. The molecule has 0 amide bonds. The van der Waals surface area contributed by atoms with Crippen LogP contribution in [0.4, 0.5) is 0 Å². The fourth-order valence-electron chi connectivity index (χ4n) is 2.10. The van der Waals surface area contributed by atoms with E-state index in [1.165, 1.54) is 5.56 Å². The van der Waals surface area contributed by atoms with Gasteiger partial charge < -0.3 is 5.11 Å². The highest BCUT2D eigenvalue weighted by Gasteiger charge is 2.14. The van der Waals surface area contributed by atoms with E-state index in [2.05, 4.69) is 24.3 Å². The van der Waals surface area contributed by atoms with Crippen LogP contribution < -0.4 is 0 Å². The molecular weight excluding hydrogens is 279 g/mol. The van der Waals surface area contributed by atoms with Crippen LogP contribution in [0.15, 0.2) is 42.5 Å². The van der Waals surface area contributed by atoms with Gasteiger partial charge in [0.25, 0.3) is 0 Å². The molecule has 1 atom stereocenters. The Labute approximate surface area is 123 Å². The van der Waals surface area contributed by atoms with Crippen LogP contribution in [0.2, 0.25) is 10.0 Å². The van der Waals surface area contributed by atoms with Gasteiger partial charge in [-0.25, -0.2) is 0 Å². The van der Waals surface area contributed by atoms with Gasteiger partial charge in [-0.2, -0.15) is 0 Å². The molecule has 1 nitrogen and oxygen atoms in total. The normalized spacial score (nSPS) is 12.4. The van der Waals surface area contributed by atoms with Crippen molar-refractivity contribution in [2.45, 2.75) is 19.3 Å². The first-order valence-corrected chi connectivity index (χ1v) is 6.97. The van der Waals surface area contributed by atoms with Gasteiger partial charge in [0, 0.05) is 5.92 Å². The zero-order chi connectivity index (χ0) is 13.8. The van der Waals surface area contributed by atoms with Crippen LogP contribution in [0.1, 0.15) is 22.6 Å². The van der Waals surface area contributed by atoms with E-state index in [1.807, 2.05) is 19.1 Å². The third kappa shape index (κ3) is 3.50. The summed E-state index contributed by atoms with van der Waals surface area (Å²) in [5.74, 6) is 0.0385. The molecule has 2 rings (SSSR count). The first kappa shape index (κ1) is 14.4. The summed E-state index contributed by atoms with van der Waals surface area (Å²) >= 11 is 12.2. The van der Waals surface area contributed by atoms with Crippen LogP contribution in [0.5, 0.6) is 0 Å². The molecule has 1 unspecified atom stereocenters. The average molecular weight is 295 g/mol. The summed E-state index contributed by atoms with van der Waals surface area (Å²) in [5, 5.41) is 10.7. The lowest BCUT2D eigenvalue weighted by Crippen LogP contribution is -2.08. The second-order valence-corrected chi connectivity index (χ2v) is 5.49. The van der Waals surface area contributed by atoms with E-state index in [0.717, 1.165) is 11.1 Å². The summed E-state index contributed by atoms with van der Waals surface area (Å²) in [7, 11) is 0. The molecule has 2 aromatic rings. The second kappa shape index (κ2) is 6.42. The smallest absolute Gasteiger partial charge is 0.0624 e. The van der Waals surface area contributed by atoms with E-state index in [0.29, 0.717) is 16.5 Å². The molecule has 3 heteroatoms. The Bertz CT molecular complexity index is 549. The topological polar surface area (TPSA) is 20.2 Å². The van der Waals surface area contributed by atoms with E-state index in [1.54, 1.807) is 6.07 Å². The summed E-state index contributed by atoms with van der Waals surface area (Å²) in [5.41, 5.74) is 3.29. The van der Waals surface area contributed by atoms with Gasteiger partial charge in [0.05, 0.1) is 16.7 Å². The lowest BCUT2D eigenvalue weighted by molar-refractivity contribution is 0.264. The van der Waals surface area contributed by atoms with Crippen LogP contribution in [-0.2, 0) is 6.42 Å². The zero-order valence-electron chi connectivity index (χ0n) is 10.7. The molecule has 0 fully saturated rings. The molecule has 0 saturated heterocycles. The lowest BCUT2D eigenvalue weighted by Gasteiger charge is -2.16. The summed E-state index contributed by atoms with van der Waals surface area (Å²) < 4.78 is 0. The average Bonchev–Trinajstić information content (AvgIpc) is 2.42. The molecule has 0 aromatic heterocycles. The fourth-order valence-corrected chi connectivity index (χ4v) is 2.50. The van der Waals surface area contributed by atoms with E-state index in [-0.39, 0.29) is 12.5 Å². The molecule has 1 N–H and O–H groups in total. The van der Waals surface area contributed by atoms with Crippen LogP contribution in [0.3, 0.4) is 0 Å². The van der Waals surface area contributed by atoms with Crippen molar-refractivity contribution >= 4 is 23.2 Å². The highest BCUT2D eigenvalue weighted by Crippen LogP contribution is 2.30. The SMILES string of the molecule is Cc1ccc(C(CO)Cc2cccc(Cl)c2Cl)cc1. The van der Waals surface area contributed by atoms with Crippen LogP contribution >= 0.6 is 23.2 Å². The maximum absolute atomic E-state index is 9.59. The fraction of sp³-hybridized carbons (Fsp3) is 0.250. The van der Waals surface area contributed by atoms with Gasteiger partial charge in [0.1, 0.15) is 0 Å². The van der Waals surface area contributed by atoms with Gasteiger partial charge >= 0.3 is 0 Å². The Morgan fingerprint density at radius 1 is 1.05 bits per heavy atom. The van der Waals surface area contributed by atoms with E-state index in [4.69, 9.17) is 23.2 Å². The molecule has 0 saturated carbocycles. The summed E-state index contributed by atoms with van der Waals surface area (Å²) in [6, 6.07) is 13.8. The minimum Gasteiger partial charge on any atom is -0.396 e. The van der Waals surface area contributed by atoms with Crippen LogP contribution in [0, 0.1) is 6.92 Å². The molecule has 100 valence electrons. The van der Waals surface area contributed by atoms with Crippen LogP contribution in [-0.4, -0.2) is 11.7 Å². The van der Waals surface area contributed by atoms with Gasteiger partial charge in [-0.05, 0) is 30.5 Å². The molecule has 0 heterocycles. The van der Waals surface area contributed by atoms with Crippen molar-refractivity contribution in [3.8, 4) is 0 Å². The number of benzene rings is 2. The quantitative estimate of drug-likeness (QED) is 0.872. The molecule has 0 aliphatic carbocycles. The van der Waals surface area contributed by atoms with Crippen molar-refractivity contribution in [1.29, 1.82) is 0 Å². The Kier molecular flexibility index (Phi) is 4.87. The summed E-state index contributed by atoms with van der Waals surface area (Å²) in [6.45, 7) is 2.14. The maximum Gasteiger partial charge on any atom is 0.0624 e. The minimum absolute atomic E-state index is 0.0385. The molecule has 0 spiro atoms. The standard InChI is InChI=1S/C16H16Cl2O/c1-11-5-7-12(8-6-11)14(10-19)9-13-3-2-4-15(17)16(13)18/h2-8,14,19H,9-10H2,1H3. The Balaban J connectivity index is 2.24. The Hall–Kier alpha value is -1.02. The van der Waals surface area contributed by atoms with E-state index < -0.39 is 0 Å². The predicted octanol–water partition coefficient (Wildman–Crippen LogP) is 4.62. The number of aliphatic hydroxyl groups excluding tert-OH is 1.